The van der Waals surface area contributed by atoms with Crippen molar-refractivity contribution < 1.29 is 23.9 Å². The summed E-state index contributed by atoms with van der Waals surface area (Å²) in [6, 6.07) is -0.972. The monoisotopic (exact) mass is 400 g/mol. The highest BCUT2D eigenvalue weighted by Crippen LogP contribution is 2.23. The van der Waals surface area contributed by atoms with Crippen LogP contribution in [0.2, 0.25) is 0 Å². The van der Waals surface area contributed by atoms with Crippen LogP contribution in [0, 0.1) is 12.3 Å². The van der Waals surface area contributed by atoms with Gasteiger partial charge >= 0.3 is 11.9 Å². The van der Waals surface area contributed by atoms with E-state index in [9.17, 15) is 14.4 Å². The zero-order valence-electron chi connectivity index (χ0n) is 16.1. The van der Waals surface area contributed by atoms with Crippen LogP contribution in [-0.2, 0) is 23.9 Å². The molecule has 0 saturated carbocycles. The molecule has 1 rings (SSSR count). The third-order valence-electron chi connectivity index (χ3n) is 4.81. The van der Waals surface area contributed by atoms with Crippen molar-refractivity contribution in [2.75, 3.05) is 39.7 Å². The third-order valence-corrected chi connectivity index (χ3v) is 5.04. The zero-order valence-corrected chi connectivity index (χ0v) is 16.9. The van der Waals surface area contributed by atoms with Gasteiger partial charge < -0.3 is 19.3 Å². The van der Waals surface area contributed by atoms with Gasteiger partial charge in [0.15, 0.2) is 0 Å². The molecular weight excluding hydrogens is 372 g/mol. The van der Waals surface area contributed by atoms with Crippen LogP contribution >= 0.6 is 11.6 Å². The van der Waals surface area contributed by atoms with Crippen LogP contribution in [0.5, 0.6) is 0 Å². The molecule has 0 bridgehead atoms. The van der Waals surface area contributed by atoms with Crippen LogP contribution in [0.1, 0.15) is 38.5 Å². The molecule has 1 aliphatic heterocycles. The standard InChI is InChI=1S/C19H29ClN2O5/c1-4-5-6-11-21-12-9-15(10-13-21)22(17(23)14-20)16(19(25)27-3)7-8-18(24)26-2/h1,15-16H,5-14H2,2-3H3/t16-/m1/s1. The van der Waals surface area contributed by atoms with E-state index in [0.717, 1.165) is 45.3 Å². The lowest BCUT2D eigenvalue weighted by molar-refractivity contribution is -0.156. The lowest BCUT2D eigenvalue weighted by atomic mass is 9.98. The number of nitrogens with zero attached hydrogens (tertiary/aromatic N) is 2. The average Bonchev–Trinajstić information content (AvgIpc) is 2.70. The Morgan fingerprint density at radius 2 is 1.93 bits per heavy atom. The number of methoxy groups -OCH3 is 2. The quantitative estimate of drug-likeness (QED) is 0.239. The second-order valence-corrected chi connectivity index (χ2v) is 6.74. The average molecular weight is 401 g/mol. The fourth-order valence-electron chi connectivity index (χ4n) is 3.39. The van der Waals surface area contributed by atoms with Crippen LogP contribution in [-0.4, -0.2) is 79.5 Å². The topological polar surface area (TPSA) is 76.2 Å². The molecular formula is C19H29ClN2O5. The van der Waals surface area contributed by atoms with Crippen LogP contribution in [0.4, 0.5) is 0 Å². The molecule has 0 unspecified atom stereocenters. The fraction of sp³-hybridized carbons (Fsp3) is 0.737. The van der Waals surface area contributed by atoms with Crippen molar-refractivity contribution in [1.29, 1.82) is 0 Å². The largest absolute Gasteiger partial charge is 0.469 e. The predicted octanol–water partition coefficient (Wildman–Crippen LogP) is 1.43. The number of rotatable bonds is 10. The Morgan fingerprint density at radius 3 is 2.44 bits per heavy atom. The van der Waals surface area contributed by atoms with Crippen LogP contribution < -0.4 is 0 Å². The summed E-state index contributed by atoms with van der Waals surface area (Å²) < 4.78 is 9.52. The molecule has 27 heavy (non-hydrogen) atoms. The first kappa shape index (κ1) is 23.3. The van der Waals surface area contributed by atoms with Crippen LogP contribution in [0.25, 0.3) is 0 Å². The van der Waals surface area contributed by atoms with Crippen LogP contribution in [0.3, 0.4) is 0 Å². The van der Waals surface area contributed by atoms with Crippen molar-refractivity contribution in [3.8, 4) is 12.3 Å². The van der Waals surface area contributed by atoms with Gasteiger partial charge in [0, 0.05) is 32.0 Å². The Labute approximate surface area is 166 Å². The summed E-state index contributed by atoms with van der Waals surface area (Å²) in [4.78, 5) is 40.2. The summed E-state index contributed by atoms with van der Waals surface area (Å²) >= 11 is 5.80. The van der Waals surface area contributed by atoms with E-state index in [1.165, 1.54) is 19.1 Å². The Morgan fingerprint density at radius 1 is 1.26 bits per heavy atom. The molecule has 0 radical (unpaired) electrons. The van der Waals surface area contributed by atoms with E-state index in [4.69, 9.17) is 22.8 Å². The minimum atomic E-state index is -0.849. The van der Waals surface area contributed by atoms with Gasteiger partial charge in [0.05, 0.1) is 14.2 Å². The summed E-state index contributed by atoms with van der Waals surface area (Å²) in [5, 5.41) is 0. The van der Waals surface area contributed by atoms with Crippen molar-refractivity contribution >= 4 is 29.4 Å². The van der Waals surface area contributed by atoms with Gasteiger partial charge in [-0.3, -0.25) is 9.59 Å². The Bertz CT molecular complexity index is 541. The summed E-state index contributed by atoms with van der Waals surface area (Å²) in [6.45, 7) is 2.54. The molecule has 1 amide bonds. The zero-order chi connectivity index (χ0) is 20.2. The predicted molar refractivity (Wildman–Crippen MR) is 102 cm³/mol. The number of likely N-dealkylation sites (tertiary alicyclic amines) is 1. The van der Waals surface area contributed by atoms with Crippen molar-refractivity contribution in [3.05, 3.63) is 0 Å². The summed E-state index contributed by atoms with van der Waals surface area (Å²) in [5.74, 6) is 1.09. The van der Waals surface area contributed by atoms with E-state index in [-0.39, 0.29) is 30.7 Å². The second-order valence-electron chi connectivity index (χ2n) is 6.47. The highest BCUT2D eigenvalue weighted by atomic mass is 35.5. The highest BCUT2D eigenvalue weighted by molar-refractivity contribution is 6.27. The lowest BCUT2D eigenvalue weighted by Gasteiger charge is -2.41. The fourth-order valence-corrected chi connectivity index (χ4v) is 3.53. The number of piperidine rings is 1. The molecule has 152 valence electrons. The minimum absolute atomic E-state index is 0.0211. The molecule has 0 N–H and O–H groups in total. The van der Waals surface area contributed by atoms with Crippen LogP contribution in [0.15, 0.2) is 0 Å². The van der Waals surface area contributed by atoms with Gasteiger partial charge in [-0.25, -0.2) is 4.79 Å². The summed E-state index contributed by atoms with van der Waals surface area (Å²) in [7, 11) is 2.55. The van der Waals surface area contributed by atoms with Crippen molar-refractivity contribution in [2.45, 2.75) is 50.6 Å². The van der Waals surface area contributed by atoms with Gasteiger partial charge in [0.25, 0.3) is 0 Å². The molecule has 0 aromatic rings. The molecule has 1 atom stereocenters. The molecule has 1 aliphatic rings. The molecule has 1 heterocycles. The third kappa shape index (κ3) is 7.39. The van der Waals surface area contributed by atoms with Gasteiger partial charge in [-0.2, -0.15) is 0 Å². The normalized spacial score (nSPS) is 16.2. The maximum Gasteiger partial charge on any atom is 0.328 e. The van der Waals surface area contributed by atoms with E-state index in [1.54, 1.807) is 0 Å². The number of hydrogen-bond donors (Lipinski definition) is 0. The second kappa shape index (κ2) is 12.6. The SMILES string of the molecule is C#CCCCN1CCC(N(C(=O)CCl)[C@H](CCC(=O)OC)C(=O)OC)CC1. The number of alkyl halides is 1. The molecule has 0 spiro atoms. The molecule has 0 aliphatic carbocycles. The number of carbonyl (C=O) groups is 3. The van der Waals surface area contributed by atoms with Crippen molar-refractivity contribution in [3.63, 3.8) is 0 Å². The molecule has 1 fully saturated rings. The molecule has 0 aromatic carbocycles. The highest BCUT2D eigenvalue weighted by Gasteiger charge is 2.37. The van der Waals surface area contributed by atoms with Gasteiger partial charge in [0.1, 0.15) is 11.9 Å². The van der Waals surface area contributed by atoms with E-state index < -0.39 is 18.0 Å². The first-order valence-electron chi connectivity index (χ1n) is 9.16. The van der Waals surface area contributed by atoms with Gasteiger partial charge in [-0.15, -0.1) is 23.9 Å². The molecule has 0 aromatic heterocycles. The van der Waals surface area contributed by atoms with Crippen molar-refractivity contribution in [2.24, 2.45) is 0 Å². The number of hydrogen-bond acceptors (Lipinski definition) is 6. The molecule has 1 saturated heterocycles. The Balaban J connectivity index is 2.83. The Kier molecular flexibility index (Phi) is 10.8. The number of carbonyl (C=O) groups excluding carboxylic acids is 3. The van der Waals surface area contributed by atoms with E-state index >= 15 is 0 Å². The Hall–Kier alpha value is -1.78. The van der Waals surface area contributed by atoms with Crippen molar-refractivity contribution in [1.82, 2.24) is 9.80 Å². The first-order chi connectivity index (χ1) is 13.0. The van der Waals surface area contributed by atoms with E-state index in [2.05, 4.69) is 15.6 Å². The molecule has 7 nitrogen and oxygen atoms in total. The summed E-state index contributed by atoms with van der Waals surface area (Å²) in [5.41, 5.74) is 0. The number of amides is 1. The first-order valence-corrected chi connectivity index (χ1v) is 9.69. The number of esters is 2. The number of unbranched alkanes of at least 4 members (excludes halogenated alkanes) is 1. The van der Waals surface area contributed by atoms with Gasteiger partial charge in [-0.1, -0.05) is 0 Å². The molecule has 8 heteroatoms. The van der Waals surface area contributed by atoms with Gasteiger partial charge in [-0.05, 0) is 32.2 Å². The maximum absolute atomic E-state index is 12.5. The number of halogens is 1. The lowest BCUT2D eigenvalue weighted by Crippen LogP contribution is -2.55. The summed E-state index contributed by atoms with van der Waals surface area (Å²) in [6.07, 6.45) is 8.59. The minimum Gasteiger partial charge on any atom is -0.469 e. The smallest absolute Gasteiger partial charge is 0.328 e. The number of terminal acetylenes is 1. The number of ether oxygens (including phenoxy) is 2. The van der Waals surface area contributed by atoms with E-state index in [0.29, 0.717) is 0 Å². The van der Waals surface area contributed by atoms with Gasteiger partial charge in [0.2, 0.25) is 5.91 Å². The maximum atomic E-state index is 12.5. The van der Waals surface area contributed by atoms with E-state index in [1.807, 2.05) is 0 Å².